The van der Waals surface area contributed by atoms with Crippen molar-refractivity contribution in [2.45, 2.75) is 50.7 Å². The number of hydrogen-bond donors (Lipinski definition) is 2. The Morgan fingerprint density at radius 3 is 2.59 bits per heavy atom. The van der Waals surface area contributed by atoms with Gasteiger partial charge in [-0.15, -0.1) is 0 Å². The molecule has 1 fully saturated rings. The van der Waals surface area contributed by atoms with Gasteiger partial charge in [-0.1, -0.05) is 0 Å². The van der Waals surface area contributed by atoms with Gasteiger partial charge in [0.15, 0.2) is 0 Å². The molecule has 0 amide bonds. The highest BCUT2D eigenvalue weighted by atomic mass is 16.5. The fourth-order valence-electron chi connectivity index (χ4n) is 2.05. The molecule has 102 valence electrons. The second kappa shape index (κ2) is 7.31. The molecule has 1 atom stereocenters. The summed E-state index contributed by atoms with van der Waals surface area (Å²) in [5.74, 6) is 0. The lowest BCUT2D eigenvalue weighted by atomic mass is 9.99. The third kappa shape index (κ3) is 6.36. The summed E-state index contributed by atoms with van der Waals surface area (Å²) in [6.45, 7) is 5.14. The van der Waals surface area contributed by atoms with Gasteiger partial charge in [-0.2, -0.15) is 0 Å². The molecule has 0 aromatic rings. The first-order valence-electron chi connectivity index (χ1n) is 6.74. The van der Waals surface area contributed by atoms with Crippen LogP contribution in [-0.2, 0) is 4.74 Å². The quantitative estimate of drug-likeness (QED) is 0.562. The zero-order valence-corrected chi connectivity index (χ0v) is 11.3. The van der Waals surface area contributed by atoms with Crippen molar-refractivity contribution >= 4 is 0 Å². The Kier molecular flexibility index (Phi) is 6.41. The monoisotopic (exact) mass is 244 g/mol. The summed E-state index contributed by atoms with van der Waals surface area (Å²) in [4.78, 5) is 2.51. The summed E-state index contributed by atoms with van der Waals surface area (Å²) in [6.07, 6.45) is 5.65. The van der Waals surface area contributed by atoms with Crippen molar-refractivity contribution < 1.29 is 9.84 Å². The molecule has 17 heavy (non-hydrogen) atoms. The zero-order valence-electron chi connectivity index (χ0n) is 11.3. The van der Waals surface area contributed by atoms with Gasteiger partial charge in [0.05, 0.1) is 12.2 Å². The number of aliphatic hydroxyl groups is 1. The molecule has 0 radical (unpaired) electrons. The summed E-state index contributed by atoms with van der Waals surface area (Å²) in [7, 11) is 1.75. The van der Waals surface area contributed by atoms with Crippen molar-refractivity contribution in [1.82, 2.24) is 4.90 Å². The van der Waals surface area contributed by atoms with Crippen molar-refractivity contribution in [3.05, 3.63) is 0 Å². The van der Waals surface area contributed by atoms with E-state index >= 15 is 0 Å². The van der Waals surface area contributed by atoms with Crippen molar-refractivity contribution in [3.63, 3.8) is 0 Å². The Labute approximate surface area is 105 Å². The number of nitrogens with two attached hydrogens (primary N) is 1. The summed E-state index contributed by atoms with van der Waals surface area (Å²) >= 11 is 0. The fourth-order valence-corrected chi connectivity index (χ4v) is 2.05. The lowest BCUT2D eigenvalue weighted by molar-refractivity contribution is 0.0558. The number of hydrogen-bond acceptors (Lipinski definition) is 4. The highest BCUT2D eigenvalue weighted by molar-refractivity contribution is 4.84. The van der Waals surface area contributed by atoms with Crippen LogP contribution in [0.5, 0.6) is 0 Å². The van der Waals surface area contributed by atoms with E-state index in [9.17, 15) is 5.11 Å². The van der Waals surface area contributed by atoms with E-state index in [4.69, 9.17) is 10.5 Å². The summed E-state index contributed by atoms with van der Waals surface area (Å²) in [5.41, 5.74) is 4.81. The third-order valence-electron chi connectivity index (χ3n) is 3.50. The van der Waals surface area contributed by atoms with Crippen LogP contribution in [0.15, 0.2) is 0 Å². The topological polar surface area (TPSA) is 58.7 Å². The van der Waals surface area contributed by atoms with Crippen LogP contribution >= 0.6 is 0 Å². The molecule has 0 heterocycles. The smallest absolute Gasteiger partial charge is 0.0741 e. The maximum absolute atomic E-state index is 9.79. The maximum atomic E-state index is 9.79. The average molecular weight is 244 g/mol. The molecule has 0 aromatic heterocycles. The van der Waals surface area contributed by atoms with Gasteiger partial charge in [0, 0.05) is 26.2 Å². The first kappa shape index (κ1) is 14.9. The van der Waals surface area contributed by atoms with Gasteiger partial charge in [0.25, 0.3) is 0 Å². The molecule has 1 unspecified atom stereocenters. The summed E-state index contributed by atoms with van der Waals surface area (Å²) in [6, 6.07) is 0.792. The molecule has 0 aliphatic heterocycles. The minimum Gasteiger partial charge on any atom is -0.389 e. The molecule has 4 heteroatoms. The molecule has 0 spiro atoms. The first-order chi connectivity index (χ1) is 8.09. The third-order valence-corrected chi connectivity index (χ3v) is 3.50. The van der Waals surface area contributed by atoms with Crippen LogP contribution in [0.4, 0.5) is 0 Å². The van der Waals surface area contributed by atoms with E-state index in [0.717, 1.165) is 45.0 Å². The molecule has 1 rings (SSSR count). The molecular formula is C13H28N2O2. The molecule has 0 saturated heterocycles. The van der Waals surface area contributed by atoms with Gasteiger partial charge in [-0.25, -0.2) is 0 Å². The molecule has 1 aliphatic carbocycles. The van der Waals surface area contributed by atoms with Crippen LogP contribution in [0.2, 0.25) is 0 Å². The van der Waals surface area contributed by atoms with Gasteiger partial charge in [0.2, 0.25) is 0 Å². The largest absolute Gasteiger partial charge is 0.389 e. The number of unbranched alkanes of at least 4 members (excludes halogenated alkanes) is 1. The van der Waals surface area contributed by atoms with Crippen LogP contribution in [0.3, 0.4) is 0 Å². The molecule has 0 aromatic carbocycles. The van der Waals surface area contributed by atoms with Crippen molar-refractivity contribution in [1.29, 1.82) is 0 Å². The van der Waals surface area contributed by atoms with E-state index in [1.165, 1.54) is 12.8 Å². The highest BCUT2D eigenvalue weighted by Crippen LogP contribution is 2.27. The van der Waals surface area contributed by atoms with Gasteiger partial charge in [-0.05, 0) is 45.6 Å². The number of rotatable bonds is 10. The normalized spacial score (nSPS) is 19.6. The Morgan fingerprint density at radius 2 is 2.06 bits per heavy atom. The fraction of sp³-hybridized carbons (Fsp3) is 1.00. The Morgan fingerprint density at radius 1 is 1.35 bits per heavy atom. The molecule has 3 N–H and O–H groups in total. The van der Waals surface area contributed by atoms with E-state index in [1.54, 1.807) is 7.11 Å². The maximum Gasteiger partial charge on any atom is 0.0741 e. The average Bonchev–Trinajstić information content (AvgIpc) is 3.12. The van der Waals surface area contributed by atoms with Gasteiger partial charge in [0.1, 0.15) is 0 Å². The zero-order chi connectivity index (χ0) is 12.7. The molecular weight excluding hydrogens is 216 g/mol. The van der Waals surface area contributed by atoms with Crippen LogP contribution in [-0.4, -0.2) is 55.0 Å². The molecule has 1 saturated carbocycles. The van der Waals surface area contributed by atoms with E-state index in [2.05, 4.69) is 4.90 Å². The van der Waals surface area contributed by atoms with Gasteiger partial charge < -0.3 is 15.6 Å². The predicted molar refractivity (Wildman–Crippen MR) is 70.0 cm³/mol. The summed E-state index contributed by atoms with van der Waals surface area (Å²) in [5, 5.41) is 9.79. The Hall–Kier alpha value is -0.160. The number of ether oxygens (including phenoxy) is 1. The van der Waals surface area contributed by atoms with Crippen LogP contribution in [0.25, 0.3) is 0 Å². The summed E-state index contributed by atoms with van der Waals surface area (Å²) < 4.78 is 5.13. The first-order valence-corrected chi connectivity index (χ1v) is 6.74. The molecule has 0 bridgehead atoms. The van der Waals surface area contributed by atoms with Crippen molar-refractivity contribution in [3.8, 4) is 0 Å². The molecule has 4 nitrogen and oxygen atoms in total. The van der Waals surface area contributed by atoms with Crippen LogP contribution < -0.4 is 5.73 Å². The predicted octanol–water partition coefficient (Wildman–Crippen LogP) is 0.977. The van der Waals surface area contributed by atoms with E-state index < -0.39 is 5.60 Å². The lowest BCUT2D eigenvalue weighted by Gasteiger charge is -2.24. The Bertz CT molecular complexity index is 206. The van der Waals surface area contributed by atoms with Crippen LogP contribution in [0.1, 0.15) is 39.0 Å². The lowest BCUT2D eigenvalue weighted by Crippen LogP contribution is -2.34. The molecule has 1 aliphatic rings. The van der Waals surface area contributed by atoms with Crippen molar-refractivity contribution in [2.24, 2.45) is 5.73 Å². The second-order valence-corrected chi connectivity index (χ2v) is 5.42. The standard InChI is InChI=1S/C13H28N2O2/c1-13(16,11-14)7-3-4-8-15(9-10-17-2)12-5-6-12/h12,16H,3-11,14H2,1-2H3. The SMILES string of the molecule is COCCN(CCCCC(C)(O)CN)C1CC1. The highest BCUT2D eigenvalue weighted by Gasteiger charge is 2.28. The second-order valence-electron chi connectivity index (χ2n) is 5.42. The van der Waals surface area contributed by atoms with E-state index in [0.29, 0.717) is 6.54 Å². The van der Waals surface area contributed by atoms with Crippen molar-refractivity contribution in [2.75, 3.05) is 33.4 Å². The minimum atomic E-state index is -0.684. The van der Waals surface area contributed by atoms with Gasteiger partial charge >= 0.3 is 0 Å². The van der Waals surface area contributed by atoms with Crippen LogP contribution in [0, 0.1) is 0 Å². The van der Waals surface area contributed by atoms with E-state index in [1.807, 2.05) is 6.92 Å². The van der Waals surface area contributed by atoms with Gasteiger partial charge in [-0.3, -0.25) is 4.90 Å². The number of methoxy groups -OCH3 is 1. The Balaban J connectivity index is 2.10. The minimum absolute atomic E-state index is 0.350. The number of nitrogens with zero attached hydrogens (tertiary/aromatic N) is 1. The van der Waals surface area contributed by atoms with E-state index in [-0.39, 0.29) is 0 Å².